The Morgan fingerprint density at radius 3 is 2.53 bits per heavy atom. The van der Waals surface area contributed by atoms with E-state index >= 15 is 0 Å². The Morgan fingerprint density at radius 1 is 1.00 bits per heavy atom. The van der Waals surface area contributed by atoms with Crippen LogP contribution in [-0.4, -0.2) is 63.5 Å². The molecule has 7 nitrogen and oxygen atoms in total. The SMILES string of the molecule is CN=C(NCc1ccccc1CN1CCOCC1)NCC1COc2ccccc2O1. The third-order valence-corrected chi connectivity index (χ3v) is 5.35. The first kappa shape index (κ1) is 20.5. The summed E-state index contributed by atoms with van der Waals surface area (Å²) in [5.41, 5.74) is 2.61. The maximum atomic E-state index is 6.01. The van der Waals surface area contributed by atoms with Gasteiger partial charge in [0.15, 0.2) is 17.5 Å². The van der Waals surface area contributed by atoms with Crippen LogP contribution in [0.3, 0.4) is 0 Å². The van der Waals surface area contributed by atoms with Gasteiger partial charge in [-0.25, -0.2) is 0 Å². The van der Waals surface area contributed by atoms with Crippen LogP contribution in [0, 0.1) is 0 Å². The molecule has 2 aromatic rings. The highest BCUT2D eigenvalue weighted by Gasteiger charge is 2.20. The monoisotopic (exact) mass is 410 g/mol. The molecule has 0 aliphatic carbocycles. The quantitative estimate of drug-likeness (QED) is 0.561. The zero-order valence-corrected chi connectivity index (χ0v) is 17.5. The second-order valence-electron chi connectivity index (χ2n) is 7.46. The fourth-order valence-electron chi connectivity index (χ4n) is 3.66. The standard InChI is InChI=1S/C23H30N4O3/c1-24-23(26-15-20-17-29-21-8-4-5-9-22(21)30-20)25-14-18-6-2-3-7-19(18)16-27-10-12-28-13-11-27/h2-9,20H,10-17H2,1H3,(H2,24,25,26). The van der Waals surface area contributed by atoms with Gasteiger partial charge in [-0.1, -0.05) is 36.4 Å². The van der Waals surface area contributed by atoms with Crippen molar-refractivity contribution in [2.24, 2.45) is 4.99 Å². The number of rotatable bonds is 6. The average molecular weight is 411 g/mol. The largest absolute Gasteiger partial charge is 0.486 e. The number of fused-ring (bicyclic) bond motifs is 1. The second kappa shape index (κ2) is 10.3. The molecule has 0 bridgehead atoms. The Bertz CT molecular complexity index is 852. The molecule has 2 aliphatic rings. The van der Waals surface area contributed by atoms with Crippen LogP contribution in [0.25, 0.3) is 0 Å². The van der Waals surface area contributed by atoms with E-state index in [1.165, 1.54) is 11.1 Å². The minimum Gasteiger partial charge on any atom is -0.486 e. The van der Waals surface area contributed by atoms with E-state index < -0.39 is 0 Å². The van der Waals surface area contributed by atoms with Gasteiger partial charge in [0, 0.05) is 33.2 Å². The smallest absolute Gasteiger partial charge is 0.191 e. The van der Waals surface area contributed by atoms with Crippen molar-refractivity contribution in [2.45, 2.75) is 19.2 Å². The van der Waals surface area contributed by atoms with Gasteiger partial charge in [-0.15, -0.1) is 0 Å². The Hall–Kier alpha value is -2.77. The van der Waals surface area contributed by atoms with Crippen molar-refractivity contribution >= 4 is 5.96 Å². The summed E-state index contributed by atoms with van der Waals surface area (Å²) in [6.07, 6.45) is -0.0629. The molecule has 0 radical (unpaired) electrons. The summed E-state index contributed by atoms with van der Waals surface area (Å²) in [7, 11) is 1.78. The van der Waals surface area contributed by atoms with Gasteiger partial charge >= 0.3 is 0 Å². The Morgan fingerprint density at radius 2 is 1.73 bits per heavy atom. The molecular weight excluding hydrogens is 380 g/mol. The third-order valence-electron chi connectivity index (χ3n) is 5.35. The highest BCUT2D eigenvalue weighted by Crippen LogP contribution is 2.30. The predicted molar refractivity (Wildman–Crippen MR) is 117 cm³/mol. The van der Waals surface area contributed by atoms with Gasteiger partial charge in [0.25, 0.3) is 0 Å². The average Bonchev–Trinajstić information content (AvgIpc) is 2.80. The highest BCUT2D eigenvalue weighted by atomic mass is 16.6. The van der Waals surface area contributed by atoms with Crippen molar-refractivity contribution in [1.82, 2.24) is 15.5 Å². The van der Waals surface area contributed by atoms with Crippen molar-refractivity contribution in [3.8, 4) is 11.5 Å². The van der Waals surface area contributed by atoms with E-state index in [0.29, 0.717) is 19.7 Å². The fraction of sp³-hybridized carbons (Fsp3) is 0.435. The summed E-state index contributed by atoms with van der Waals surface area (Å²) in [4.78, 5) is 6.79. The molecule has 4 rings (SSSR count). The second-order valence-corrected chi connectivity index (χ2v) is 7.46. The summed E-state index contributed by atoms with van der Waals surface area (Å²) in [5.74, 6) is 2.34. The van der Waals surface area contributed by atoms with Crippen molar-refractivity contribution in [3.63, 3.8) is 0 Å². The van der Waals surface area contributed by atoms with E-state index in [0.717, 1.165) is 50.3 Å². The van der Waals surface area contributed by atoms with Gasteiger partial charge in [0.1, 0.15) is 12.7 Å². The van der Waals surface area contributed by atoms with Crippen LogP contribution in [0.1, 0.15) is 11.1 Å². The number of hydrogen-bond donors (Lipinski definition) is 2. The van der Waals surface area contributed by atoms with Crippen LogP contribution in [0.15, 0.2) is 53.5 Å². The number of ether oxygens (including phenoxy) is 3. The molecule has 7 heteroatoms. The first-order valence-corrected chi connectivity index (χ1v) is 10.5. The Kier molecular flexibility index (Phi) is 7.05. The molecule has 2 heterocycles. The molecule has 1 unspecified atom stereocenters. The lowest BCUT2D eigenvalue weighted by Gasteiger charge is -2.28. The molecule has 160 valence electrons. The molecular formula is C23H30N4O3. The summed E-state index contributed by atoms with van der Waals surface area (Å²) >= 11 is 0. The number of hydrogen-bond acceptors (Lipinski definition) is 5. The Labute approximate surface area is 178 Å². The molecule has 0 spiro atoms. The van der Waals surface area contributed by atoms with Gasteiger partial charge in [0.2, 0.25) is 0 Å². The predicted octanol–water partition coefficient (Wildman–Crippen LogP) is 2.02. The lowest BCUT2D eigenvalue weighted by atomic mass is 10.1. The maximum absolute atomic E-state index is 6.01. The molecule has 30 heavy (non-hydrogen) atoms. The van der Waals surface area contributed by atoms with Crippen LogP contribution in [0.2, 0.25) is 0 Å². The molecule has 1 saturated heterocycles. The summed E-state index contributed by atoms with van der Waals surface area (Å²) in [5, 5.41) is 6.77. The number of nitrogens with one attached hydrogen (secondary N) is 2. The van der Waals surface area contributed by atoms with Gasteiger partial charge in [-0.05, 0) is 23.3 Å². The van der Waals surface area contributed by atoms with Crippen LogP contribution in [0.4, 0.5) is 0 Å². The lowest BCUT2D eigenvalue weighted by molar-refractivity contribution is 0.0341. The number of benzene rings is 2. The zero-order valence-electron chi connectivity index (χ0n) is 17.5. The molecule has 1 atom stereocenters. The third kappa shape index (κ3) is 5.43. The van der Waals surface area contributed by atoms with E-state index in [1.807, 2.05) is 24.3 Å². The molecule has 1 fully saturated rings. The summed E-state index contributed by atoms with van der Waals surface area (Å²) in [6.45, 7) is 6.38. The minimum atomic E-state index is -0.0629. The molecule has 2 N–H and O–H groups in total. The van der Waals surface area contributed by atoms with Gasteiger partial charge in [-0.2, -0.15) is 0 Å². The van der Waals surface area contributed by atoms with E-state index in [2.05, 4.69) is 44.8 Å². The van der Waals surface area contributed by atoms with E-state index in [-0.39, 0.29) is 6.10 Å². The van der Waals surface area contributed by atoms with Crippen molar-refractivity contribution in [3.05, 3.63) is 59.7 Å². The van der Waals surface area contributed by atoms with Crippen LogP contribution in [0.5, 0.6) is 11.5 Å². The molecule has 0 saturated carbocycles. The van der Waals surface area contributed by atoms with Crippen LogP contribution in [-0.2, 0) is 17.8 Å². The van der Waals surface area contributed by atoms with Crippen molar-refractivity contribution in [1.29, 1.82) is 0 Å². The first-order valence-electron chi connectivity index (χ1n) is 10.5. The number of aliphatic imine (C=N–C) groups is 1. The fourth-order valence-corrected chi connectivity index (χ4v) is 3.66. The minimum absolute atomic E-state index is 0.0629. The topological polar surface area (TPSA) is 67.4 Å². The molecule has 2 aliphatic heterocycles. The molecule has 0 aromatic heterocycles. The van der Waals surface area contributed by atoms with Crippen LogP contribution < -0.4 is 20.1 Å². The number of guanidine groups is 1. The van der Waals surface area contributed by atoms with E-state index in [1.54, 1.807) is 7.05 Å². The van der Waals surface area contributed by atoms with Crippen LogP contribution >= 0.6 is 0 Å². The lowest BCUT2D eigenvalue weighted by Crippen LogP contribution is -2.45. The highest BCUT2D eigenvalue weighted by molar-refractivity contribution is 5.79. The van der Waals surface area contributed by atoms with Gasteiger partial charge in [-0.3, -0.25) is 9.89 Å². The van der Waals surface area contributed by atoms with Gasteiger partial charge in [0.05, 0.1) is 19.8 Å². The molecule has 2 aromatic carbocycles. The number of nitrogens with zero attached hydrogens (tertiary/aromatic N) is 2. The first-order chi connectivity index (χ1) is 14.8. The van der Waals surface area contributed by atoms with Crippen molar-refractivity contribution in [2.75, 3.05) is 46.5 Å². The van der Waals surface area contributed by atoms with Gasteiger partial charge < -0.3 is 24.8 Å². The maximum Gasteiger partial charge on any atom is 0.191 e. The number of morpholine rings is 1. The molecule has 0 amide bonds. The number of para-hydroxylation sites is 2. The zero-order chi connectivity index (χ0) is 20.6. The summed E-state index contributed by atoms with van der Waals surface area (Å²) < 4.78 is 17.2. The normalized spacial score (nSPS) is 19.4. The van der Waals surface area contributed by atoms with E-state index in [9.17, 15) is 0 Å². The summed E-state index contributed by atoms with van der Waals surface area (Å²) in [6, 6.07) is 16.3. The Balaban J connectivity index is 1.28. The van der Waals surface area contributed by atoms with E-state index in [4.69, 9.17) is 14.2 Å². The van der Waals surface area contributed by atoms with Crippen molar-refractivity contribution < 1.29 is 14.2 Å².